The van der Waals surface area contributed by atoms with Gasteiger partial charge in [0.1, 0.15) is 6.54 Å². The second-order valence-corrected chi connectivity index (χ2v) is 7.75. The molecule has 4 rings (SSSR count). The van der Waals surface area contributed by atoms with E-state index < -0.39 is 0 Å². The highest BCUT2D eigenvalue weighted by Gasteiger charge is 2.43. The first-order valence-electron chi connectivity index (χ1n) is 9.94. The number of nitrogens with zero attached hydrogens (tertiary/aromatic N) is 2. The minimum atomic E-state index is 0. The summed E-state index contributed by atoms with van der Waals surface area (Å²) in [5, 5.41) is 9.97. The first-order chi connectivity index (χ1) is 13.8. The number of quaternary nitrogens is 1. The number of nitrogens with two attached hydrogens (primary N) is 1. The Hall–Kier alpha value is -2.08. The van der Waals surface area contributed by atoms with Crippen LogP contribution < -0.4 is 22.3 Å². The van der Waals surface area contributed by atoms with Crippen LogP contribution in [0, 0.1) is 5.92 Å². The molecule has 1 aliphatic carbocycles. The summed E-state index contributed by atoms with van der Waals surface area (Å²) in [6, 6.07) is 21.4. The van der Waals surface area contributed by atoms with Crippen molar-refractivity contribution in [3.63, 3.8) is 0 Å². The standard InChI is InChI=1S/C24H25N3S.BrH/c1-2-16-25-24(28)27-23(19-12-7-4-8-13-19)21-15-9-14-20(22(21)26-27)17-18-10-5-3-6-11-18;/h2-8,10-13,17,21,23H,1,9,14-16H2,(H,25,28);1H/b20-17+;/t21-,23-;/m1./s1. The maximum atomic E-state index is 5.74. The van der Waals surface area contributed by atoms with Crippen molar-refractivity contribution < 1.29 is 22.3 Å². The van der Waals surface area contributed by atoms with Gasteiger partial charge in [-0.25, -0.2) is 5.01 Å². The number of benzene rings is 2. The molecule has 2 aliphatic rings. The summed E-state index contributed by atoms with van der Waals surface area (Å²) in [5.41, 5.74) is 5.06. The molecular weight excluding hydrogens is 442 g/mol. The Kier molecular flexibility index (Phi) is 7.53. The number of hydrogen-bond acceptors (Lipinski definition) is 2. The van der Waals surface area contributed by atoms with Crippen LogP contribution in [0.1, 0.15) is 36.4 Å². The smallest absolute Gasteiger partial charge is 0.290 e. The van der Waals surface area contributed by atoms with Gasteiger partial charge in [0, 0.05) is 18.1 Å². The van der Waals surface area contributed by atoms with E-state index >= 15 is 0 Å². The van der Waals surface area contributed by atoms with E-state index in [0.29, 0.717) is 5.92 Å². The molecule has 2 aromatic carbocycles. The fraction of sp³-hybridized carbons (Fsp3) is 0.250. The largest absolute Gasteiger partial charge is 1.00 e. The van der Waals surface area contributed by atoms with Crippen molar-refractivity contribution in [2.45, 2.75) is 25.3 Å². The molecule has 2 atom stereocenters. The Morgan fingerprint density at radius 3 is 2.52 bits per heavy atom. The summed E-state index contributed by atoms with van der Waals surface area (Å²) < 4.78 is 0. The van der Waals surface area contributed by atoms with Gasteiger partial charge >= 0.3 is 0 Å². The molecule has 2 N–H and O–H groups in total. The van der Waals surface area contributed by atoms with Crippen molar-refractivity contribution in [1.29, 1.82) is 0 Å². The summed E-state index contributed by atoms with van der Waals surface area (Å²) >= 11 is 5.74. The molecular formula is C24H26BrN3S. The SMILES string of the molecule is C=CC[NH2+]C(=S)N1N=C2/C(=C/c3ccccc3)CCC[C@H]2[C@H]1c1ccccc1.[Br-]. The quantitative estimate of drug-likeness (QED) is 0.543. The minimum absolute atomic E-state index is 0. The third kappa shape index (κ3) is 4.74. The van der Waals surface area contributed by atoms with E-state index in [0.717, 1.165) is 24.5 Å². The van der Waals surface area contributed by atoms with E-state index in [2.05, 4.69) is 78.3 Å². The van der Waals surface area contributed by atoms with Crippen LogP contribution in [0.15, 0.2) is 84.0 Å². The molecule has 0 amide bonds. The van der Waals surface area contributed by atoms with Gasteiger partial charge in [-0.05, 0) is 48.1 Å². The number of fused-ring (bicyclic) bond motifs is 1. The van der Waals surface area contributed by atoms with Gasteiger partial charge in [-0.2, -0.15) is 5.10 Å². The highest BCUT2D eigenvalue weighted by atomic mass is 79.9. The van der Waals surface area contributed by atoms with Gasteiger partial charge in [-0.1, -0.05) is 67.2 Å². The Morgan fingerprint density at radius 1 is 1.14 bits per heavy atom. The maximum Gasteiger partial charge on any atom is 0.290 e. The van der Waals surface area contributed by atoms with Crippen molar-refractivity contribution in [2.75, 3.05) is 6.54 Å². The van der Waals surface area contributed by atoms with Crippen LogP contribution >= 0.6 is 12.2 Å². The van der Waals surface area contributed by atoms with Crippen molar-refractivity contribution in [3.8, 4) is 0 Å². The molecule has 0 saturated heterocycles. The first-order valence-corrected chi connectivity index (χ1v) is 10.4. The summed E-state index contributed by atoms with van der Waals surface area (Å²) in [4.78, 5) is 0. The van der Waals surface area contributed by atoms with Gasteiger partial charge in [-0.3, -0.25) is 5.32 Å². The number of thiocarbonyl (C=S) groups is 1. The number of hydrogen-bond donors (Lipinski definition) is 1. The van der Waals surface area contributed by atoms with Gasteiger partial charge < -0.3 is 17.0 Å². The van der Waals surface area contributed by atoms with E-state index in [1.54, 1.807) is 0 Å². The average molecular weight is 468 g/mol. The molecule has 0 unspecified atom stereocenters. The lowest BCUT2D eigenvalue weighted by atomic mass is 9.77. The zero-order valence-electron chi connectivity index (χ0n) is 16.4. The third-order valence-corrected chi connectivity index (χ3v) is 5.82. The summed E-state index contributed by atoms with van der Waals surface area (Å²) in [6.45, 7) is 4.58. The molecule has 0 spiro atoms. The van der Waals surface area contributed by atoms with E-state index in [1.807, 2.05) is 11.4 Å². The highest BCUT2D eigenvalue weighted by molar-refractivity contribution is 7.79. The van der Waals surface area contributed by atoms with E-state index in [-0.39, 0.29) is 23.0 Å². The summed E-state index contributed by atoms with van der Waals surface area (Å²) in [5.74, 6) is 0.376. The fourth-order valence-corrected chi connectivity index (χ4v) is 4.44. The molecule has 2 aromatic rings. The second-order valence-electron chi connectivity index (χ2n) is 7.33. The molecule has 29 heavy (non-hydrogen) atoms. The van der Waals surface area contributed by atoms with Gasteiger partial charge in [-0.15, -0.1) is 0 Å². The van der Waals surface area contributed by atoms with Crippen LogP contribution in [-0.4, -0.2) is 22.4 Å². The molecule has 5 heteroatoms. The lowest BCUT2D eigenvalue weighted by Gasteiger charge is -2.29. The molecule has 150 valence electrons. The normalized spacial score (nSPS) is 21.9. The highest BCUT2D eigenvalue weighted by Crippen LogP contribution is 2.44. The number of halogens is 1. The van der Waals surface area contributed by atoms with Crippen LogP contribution in [0.25, 0.3) is 6.08 Å². The van der Waals surface area contributed by atoms with Gasteiger partial charge in [0.2, 0.25) is 0 Å². The van der Waals surface area contributed by atoms with Gasteiger partial charge in [0.25, 0.3) is 5.11 Å². The number of rotatable bonds is 4. The molecule has 1 aliphatic heterocycles. The second kappa shape index (κ2) is 10.1. The molecule has 3 nitrogen and oxygen atoms in total. The first kappa shape index (κ1) is 21.6. The van der Waals surface area contributed by atoms with Gasteiger partial charge in [0.15, 0.2) is 0 Å². The van der Waals surface area contributed by atoms with Gasteiger partial charge in [0.05, 0.1) is 11.8 Å². The van der Waals surface area contributed by atoms with E-state index in [9.17, 15) is 0 Å². The number of allylic oxidation sites excluding steroid dienone is 1. The lowest BCUT2D eigenvalue weighted by molar-refractivity contribution is -0.535. The van der Waals surface area contributed by atoms with Crippen LogP contribution in [-0.2, 0) is 0 Å². The predicted molar refractivity (Wildman–Crippen MR) is 120 cm³/mol. The zero-order valence-corrected chi connectivity index (χ0v) is 18.8. The predicted octanol–water partition coefficient (Wildman–Crippen LogP) is 1.32. The Morgan fingerprint density at radius 2 is 1.83 bits per heavy atom. The van der Waals surface area contributed by atoms with Crippen LogP contribution in [0.4, 0.5) is 0 Å². The van der Waals surface area contributed by atoms with E-state index in [4.69, 9.17) is 17.3 Å². The lowest BCUT2D eigenvalue weighted by Crippen LogP contribution is -3.00. The van der Waals surface area contributed by atoms with Crippen molar-refractivity contribution in [1.82, 2.24) is 5.01 Å². The Labute approximate surface area is 189 Å². The Bertz CT molecular complexity index is 908. The molecule has 1 heterocycles. The third-order valence-electron chi connectivity index (χ3n) is 5.47. The number of hydrazone groups is 1. The van der Waals surface area contributed by atoms with Crippen molar-refractivity contribution in [2.24, 2.45) is 11.0 Å². The summed E-state index contributed by atoms with van der Waals surface area (Å²) in [7, 11) is 0. The van der Waals surface area contributed by atoms with E-state index in [1.165, 1.54) is 28.8 Å². The van der Waals surface area contributed by atoms with Crippen LogP contribution in [0.5, 0.6) is 0 Å². The monoisotopic (exact) mass is 467 g/mol. The van der Waals surface area contributed by atoms with Crippen molar-refractivity contribution in [3.05, 3.63) is 90.0 Å². The minimum Gasteiger partial charge on any atom is -1.00 e. The molecule has 1 saturated carbocycles. The molecule has 1 fully saturated rings. The average Bonchev–Trinajstić information content (AvgIpc) is 3.14. The maximum absolute atomic E-state index is 5.74. The summed E-state index contributed by atoms with van der Waals surface area (Å²) in [6.07, 6.45) is 7.57. The van der Waals surface area contributed by atoms with Crippen LogP contribution in [0.3, 0.4) is 0 Å². The Balaban J connectivity index is 0.00000240. The van der Waals surface area contributed by atoms with Crippen molar-refractivity contribution >= 4 is 29.1 Å². The topological polar surface area (TPSA) is 32.2 Å². The molecule has 0 radical (unpaired) electrons. The fourth-order valence-electron chi connectivity index (χ4n) is 4.19. The molecule has 0 aromatic heterocycles. The zero-order chi connectivity index (χ0) is 19.3. The van der Waals surface area contributed by atoms with Crippen LogP contribution in [0.2, 0.25) is 0 Å². The molecule has 0 bridgehead atoms.